The van der Waals surface area contributed by atoms with Crippen LogP contribution >= 0.6 is 0 Å². The summed E-state index contributed by atoms with van der Waals surface area (Å²) in [4.78, 5) is 0. The molecule has 0 aliphatic carbocycles. The molecule has 2 atom stereocenters. The molecule has 0 heterocycles. The molecule has 3 heteroatoms. The van der Waals surface area contributed by atoms with Gasteiger partial charge in [0.2, 0.25) is 0 Å². The van der Waals surface area contributed by atoms with Crippen molar-refractivity contribution in [1.82, 2.24) is 5.32 Å². The van der Waals surface area contributed by atoms with E-state index in [0.29, 0.717) is 12.1 Å². The zero-order valence-corrected chi connectivity index (χ0v) is 13.2. The highest BCUT2D eigenvalue weighted by molar-refractivity contribution is 4.80. The molecule has 0 aromatic heterocycles. The van der Waals surface area contributed by atoms with Gasteiger partial charge >= 0.3 is 0 Å². The lowest BCUT2D eigenvalue weighted by molar-refractivity contribution is -0.00586. The third-order valence-corrected chi connectivity index (χ3v) is 3.48. The van der Waals surface area contributed by atoms with E-state index in [0.717, 1.165) is 32.4 Å². The smallest absolute Gasteiger partial charge is 0.0727 e. The first-order valence-electron chi connectivity index (χ1n) is 7.40. The number of methoxy groups -OCH3 is 1. The highest BCUT2D eigenvalue weighted by Gasteiger charge is 2.24. The molecule has 0 spiro atoms. The predicted molar refractivity (Wildman–Crippen MR) is 78.1 cm³/mol. The van der Waals surface area contributed by atoms with Crippen molar-refractivity contribution in [2.75, 3.05) is 20.3 Å². The molecule has 0 bridgehead atoms. The predicted octanol–water partition coefficient (Wildman–Crippen LogP) is 3.37. The average molecular weight is 259 g/mol. The van der Waals surface area contributed by atoms with E-state index in [2.05, 4.69) is 39.9 Å². The fraction of sp³-hybridized carbons (Fsp3) is 1.00. The van der Waals surface area contributed by atoms with Gasteiger partial charge in [0.1, 0.15) is 0 Å². The van der Waals surface area contributed by atoms with E-state index in [4.69, 9.17) is 9.47 Å². The summed E-state index contributed by atoms with van der Waals surface area (Å²) >= 11 is 0. The van der Waals surface area contributed by atoms with Gasteiger partial charge in [-0.05, 0) is 46.6 Å². The van der Waals surface area contributed by atoms with Crippen LogP contribution in [-0.2, 0) is 9.47 Å². The molecule has 0 aromatic rings. The Labute approximate surface area is 114 Å². The fourth-order valence-electron chi connectivity index (χ4n) is 2.19. The van der Waals surface area contributed by atoms with E-state index >= 15 is 0 Å². The molecule has 0 radical (unpaired) electrons. The Balaban J connectivity index is 4.40. The van der Waals surface area contributed by atoms with Gasteiger partial charge in [-0.15, -0.1) is 0 Å². The van der Waals surface area contributed by atoms with E-state index in [1.165, 1.54) is 6.42 Å². The van der Waals surface area contributed by atoms with Gasteiger partial charge in [-0.2, -0.15) is 0 Å². The molecule has 0 rings (SSSR count). The zero-order valence-electron chi connectivity index (χ0n) is 13.2. The van der Waals surface area contributed by atoms with Crippen molar-refractivity contribution in [1.29, 1.82) is 0 Å². The van der Waals surface area contributed by atoms with Crippen LogP contribution in [0.2, 0.25) is 0 Å². The summed E-state index contributed by atoms with van der Waals surface area (Å²) in [5.74, 6) is 0. The Hall–Kier alpha value is -0.120. The van der Waals surface area contributed by atoms with Crippen LogP contribution in [0.4, 0.5) is 0 Å². The zero-order chi connectivity index (χ0) is 14.0. The normalized spacial score (nSPS) is 15.7. The Morgan fingerprint density at radius 3 is 2.22 bits per heavy atom. The topological polar surface area (TPSA) is 30.5 Å². The first kappa shape index (κ1) is 17.9. The van der Waals surface area contributed by atoms with Gasteiger partial charge in [0.25, 0.3) is 0 Å². The molecule has 18 heavy (non-hydrogen) atoms. The number of ether oxygens (including phenoxy) is 2. The molecular formula is C15H33NO2. The molecule has 0 fully saturated rings. The highest BCUT2D eigenvalue weighted by atomic mass is 16.5. The molecular weight excluding hydrogens is 226 g/mol. The van der Waals surface area contributed by atoms with Gasteiger partial charge in [-0.25, -0.2) is 0 Å². The van der Waals surface area contributed by atoms with Gasteiger partial charge < -0.3 is 14.8 Å². The standard InChI is InChI=1S/C15H33NO2/c1-7-10-14(18-9-3)13(16-8-2)11-12-15(4,5)17-6/h13-14,16H,7-12H2,1-6H3. The molecule has 110 valence electrons. The number of rotatable bonds is 11. The summed E-state index contributed by atoms with van der Waals surface area (Å²) in [5, 5.41) is 3.57. The fourth-order valence-corrected chi connectivity index (χ4v) is 2.19. The van der Waals surface area contributed by atoms with Crippen LogP contribution in [0.15, 0.2) is 0 Å². The molecule has 0 saturated carbocycles. The second-order valence-electron chi connectivity index (χ2n) is 5.45. The minimum Gasteiger partial charge on any atom is -0.379 e. The number of nitrogens with one attached hydrogen (secondary N) is 1. The molecule has 0 aliphatic rings. The second kappa shape index (κ2) is 9.76. The van der Waals surface area contributed by atoms with Crippen LogP contribution in [0.1, 0.15) is 60.3 Å². The molecule has 2 unspecified atom stereocenters. The van der Waals surface area contributed by atoms with E-state index in [9.17, 15) is 0 Å². The Morgan fingerprint density at radius 1 is 1.11 bits per heavy atom. The van der Waals surface area contributed by atoms with Gasteiger partial charge in [0.15, 0.2) is 0 Å². The van der Waals surface area contributed by atoms with Crippen LogP contribution in [0.25, 0.3) is 0 Å². The minimum atomic E-state index is -0.0450. The largest absolute Gasteiger partial charge is 0.379 e. The summed E-state index contributed by atoms with van der Waals surface area (Å²) in [6, 6.07) is 0.435. The van der Waals surface area contributed by atoms with Gasteiger partial charge in [-0.3, -0.25) is 0 Å². The quantitative estimate of drug-likeness (QED) is 0.617. The first-order chi connectivity index (χ1) is 8.50. The van der Waals surface area contributed by atoms with Gasteiger partial charge in [0.05, 0.1) is 11.7 Å². The van der Waals surface area contributed by atoms with Crippen molar-refractivity contribution in [2.24, 2.45) is 0 Å². The minimum absolute atomic E-state index is 0.0450. The third kappa shape index (κ3) is 7.34. The maximum absolute atomic E-state index is 5.89. The Morgan fingerprint density at radius 2 is 1.78 bits per heavy atom. The number of likely N-dealkylation sites (N-methyl/N-ethyl adjacent to an activating group) is 1. The van der Waals surface area contributed by atoms with Crippen LogP contribution in [0.5, 0.6) is 0 Å². The maximum Gasteiger partial charge on any atom is 0.0727 e. The van der Waals surface area contributed by atoms with E-state index in [-0.39, 0.29) is 5.60 Å². The molecule has 1 N–H and O–H groups in total. The van der Waals surface area contributed by atoms with Crippen LogP contribution in [-0.4, -0.2) is 38.0 Å². The van der Waals surface area contributed by atoms with Crippen LogP contribution in [0.3, 0.4) is 0 Å². The highest BCUT2D eigenvalue weighted by Crippen LogP contribution is 2.20. The van der Waals surface area contributed by atoms with Gasteiger partial charge in [0, 0.05) is 19.8 Å². The van der Waals surface area contributed by atoms with Crippen molar-refractivity contribution in [3.05, 3.63) is 0 Å². The summed E-state index contributed by atoms with van der Waals surface area (Å²) in [6.45, 7) is 12.5. The number of hydrogen-bond acceptors (Lipinski definition) is 3. The summed E-state index contributed by atoms with van der Waals surface area (Å²) in [5.41, 5.74) is -0.0450. The SMILES string of the molecule is CCCC(OCC)C(CCC(C)(C)OC)NCC. The van der Waals surface area contributed by atoms with Crippen molar-refractivity contribution in [3.63, 3.8) is 0 Å². The van der Waals surface area contributed by atoms with E-state index in [1.54, 1.807) is 7.11 Å². The van der Waals surface area contributed by atoms with Crippen molar-refractivity contribution < 1.29 is 9.47 Å². The molecule has 0 aliphatic heterocycles. The lowest BCUT2D eigenvalue weighted by Gasteiger charge is -2.31. The molecule has 0 saturated heterocycles. The lowest BCUT2D eigenvalue weighted by Crippen LogP contribution is -2.42. The Kier molecular flexibility index (Phi) is 9.70. The van der Waals surface area contributed by atoms with Crippen molar-refractivity contribution in [3.8, 4) is 0 Å². The van der Waals surface area contributed by atoms with Crippen molar-refractivity contribution in [2.45, 2.75) is 78.0 Å². The van der Waals surface area contributed by atoms with E-state index < -0.39 is 0 Å². The Bertz CT molecular complexity index is 189. The second-order valence-corrected chi connectivity index (χ2v) is 5.45. The lowest BCUT2D eigenvalue weighted by atomic mass is 9.94. The van der Waals surface area contributed by atoms with Crippen molar-refractivity contribution >= 4 is 0 Å². The monoisotopic (exact) mass is 259 g/mol. The molecule has 0 aromatic carbocycles. The first-order valence-corrected chi connectivity index (χ1v) is 7.40. The maximum atomic E-state index is 5.89. The van der Waals surface area contributed by atoms with E-state index in [1.807, 2.05) is 0 Å². The number of hydrogen-bond donors (Lipinski definition) is 1. The summed E-state index contributed by atoms with van der Waals surface area (Å²) < 4.78 is 11.4. The third-order valence-electron chi connectivity index (χ3n) is 3.48. The molecule has 0 amide bonds. The summed E-state index contributed by atoms with van der Waals surface area (Å²) in [6.07, 6.45) is 4.76. The molecule has 3 nitrogen and oxygen atoms in total. The van der Waals surface area contributed by atoms with Crippen LogP contribution < -0.4 is 5.32 Å². The van der Waals surface area contributed by atoms with Crippen LogP contribution in [0, 0.1) is 0 Å². The summed E-state index contributed by atoms with van der Waals surface area (Å²) in [7, 11) is 1.79. The van der Waals surface area contributed by atoms with Gasteiger partial charge in [-0.1, -0.05) is 20.3 Å². The average Bonchev–Trinajstić information content (AvgIpc) is 2.34.